The molecule has 1 N–H and O–H groups in total. The third kappa shape index (κ3) is 3.72. The van der Waals surface area contributed by atoms with Crippen LogP contribution in [0.4, 0.5) is 11.5 Å². The van der Waals surface area contributed by atoms with E-state index in [0.29, 0.717) is 0 Å². The standard InChI is InChI=1S/C23H27N5/c1-2-6-17(7-3-1)14-28-11-10-20-22(15-28)25-16-26-23(20)27-19-12-18-8-4-5-9-21(18)24-13-19/h4-5,8-9,12-13,16-17H,1-3,6-7,10-11,14-15H2,(H,25,26,27). The fourth-order valence-corrected chi connectivity index (χ4v) is 4.68. The largest absolute Gasteiger partial charge is 0.339 e. The monoisotopic (exact) mass is 373 g/mol. The molecule has 3 aromatic rings. The Morgan fingerprint density at radius 2 is 1.93 bits per heavy atom. The molecule has 1 saturated carbocycles. The molecule has 5 rings (SSSR count). The van der Waals surface area contributed by atoms with Crippen molar-refractivity contribution >= 4 is 22.4 Å². The molecule has 1 aliphatic heterocycles. The lowest BCUT2D eigenvalue weighted by Gasteiger charge is -2.33. The number of anilines is 2. The van der Waals surface area contributed by atoms with Crippen LogP contribution in [0.1, 0.15) is 43.4 Å². The van der Waals surface area contributed by atoms with Crippen molar-refractivity contribution in [1.29, 1.82) is 0 Å². The van der Waals surface area contributed by atoms with Gasteiger partial charge in [-0.3, -0.25) is 9.88 Å². The Kier molecular flexibility index (Phi) is 4.92. The molecule has 0 amide bonds. The van der Waals surface area contributed by atoms with Gasteiger partial charge in [0.05, 0.1) is 23.1 Å². The van der Waals surface area contributed by atoms with E-state index >= 15 is 0 Å². The lowest BCUT2D eigenvalue weighted by molar-refractivity contribution is 0.184. The first kappa shape index (κ1) is 17.6. The molecule has 28 heavy (non-hydrogen) atoms. The van der Waals surface area contributed by atoms with Crippen LogP contribution in [-0.2, 0) is 13.0 Å². The molecule has 2 aromatic heterocycles. The highest BCUT2D eigenvalue weighted by Crippen LogP contribution is 2.29. The van der Waals surface area contributed by atoms with Crippen LogP contribution >= 0.6 is 0 Å². The Labute approximate surface area is 166 Å². The number of nitrogens with zero attached hydrogens (tertiary/aromatic N) is 4. The molecule has 0 bridgehead atoms. The molecule has 0 unspecified atom stereocenters. The van der Waals surface area contributed by atoms with Gasteiger partial charge >= 0.3 is 0 Å². The highest BCUT2D eigenvalue weighted by Gasteiger charge is 2.24. The molecule has 1 aromatic carbocycles. The van der Waals surface area contributed by atoms with Gasteiger partial charge in [-0.2, -0.15) is 0 Å². The molecule has 1 fully saturated rings. The van der Waals surface area contributed by atoms with Gasteiger partial charge in [-0.25, -0.2) is 9.97 Å². The maximum Gasteiger partial charge on any atom is 0.137 e. The fourth-order valence-electron chi connectivity index (χ4n) is 4.68. The summed E-state index contributed by atoms with van der Waals surface area (Å²) in [6, 6.07) is 10.3. The van der Waals surface area contributed by atoms with E-state index in [-0.39, 0.29) is 0 Å². The molecular weight excluding hydrogens is 346 g/mol. The number of hydrogen-bond acceptors (Lipinski definition) is 5. The van der Waals surface area contributed by atoms with Crippen LogP contribution in [0, 0.1) is 5.92 Å². The van der Waals surface area contributed by atoms with Gasteiger partial charge in [-0.15, -0.1) is 0 Å². The summed E-state index contributed by atoms with van der Waals surface area (Å²) in [7, 11) is 0. The number of fused-ring (bicyclic) bond motifs is 2. The number of aromatic nitrogens is 3. The van der Waals surface area contributed by atoms with Crippen molar-refractivity contribution in [2.24, 2.45) is 5.92 Å². The van der Waals surface area contributed by atoms with Crippen LogP contribution < -0.4 is 5.32 Å². The second-order valence-corrected chi connectivity index (χ2v) is 8.18. The number of pyridine rings is 1. The first-order valence-electron chi connectivity index (χ1n) is 10.5. The van der Waals surface area contributed by atoms with Crippen LogP contribution in [-0.4, -0.2) is 32.9 Å². The van der Waals surface area contributed by atoms with Crippen molar-refractivity contribution in [3.8, 4) is 0 Å². The highest BCUT2D eigenvalue weighted by atomic mass is 15.1. The Hall–Kier alpha value is -2.53. The average molecular weight is 374 g/mol. The van der Waals surface area contributed by atoms with Gasteiger partial charge in [0.2, 0.25) is 0 Å². The summed E-state index contributed by atoms with van der Waals surface area (Å²) in [6.45, 7) is 3.27. The van der Waals surface area contributed by atoms with E-state index in [9.17, 15) is 0 Å². The minimum absolute atomic E-state index is 0.874. The normalized spacial score (nSPS) is 18.1. The second-order valence-electron chi connectivity index (χ2n) is 8.18. The number of para-hydroxylation sites is 1. The number of hydrogen-bond donors (Lipinski definition) is 1. The summed E-state index contributed by atoms with van der Waals surface area (Å²) >= 11 is 0. The lowest BCUT2D eigenvalue weighted by atomic mass is 9.88. The van der Waals surface area contributed by atoms with Crippen molar-refractivity contribution < 1.29 is 0 Å². The van der Waals surface area contributed by atoms with E-state index in [1.54, 1.807) is 6.33 Å². The minimum atomic E-state index is 0.874. The Morgan fingerprint density at radius 3 is 2.86 bits per heavy atom. The SMILES string of the molecule is c1ccc2ncc(Nc3ncnc4c3CCN(CC3CCCCC3)C4)cc2c1. The number of nitrogens with one attached hydrogen (secondary N) is 1. The van der Waals surface area contributed by atoms with E-state index in [4.69, 9.17) is 0 Å². The fraction of sp³-hybridized carbons (Fsp3) is 0.435. The summed E-state index contributed by atoms with van der Waals surface area (Å²) in [4.78, 5) is 16.3. The van der Waals surface area contributed by atoms with Crippen LogP contribution in [0.25, 0.3) is 10.9 Å². The molecule has 144 valence electrons. The average Bonchev–Trinajstić information content (AvgIpc) is 2.74. The second kappa shape index (κ2) is 7.84. The predicted octanol–water partition coefficient (Wildman–Crippen LogP) is 4.71. The highest BCUT2D eigenvalue weighted by molar-refractivity contribution is 5.82. The van der Waals surface area contributed by atoms with Crippen molar-refractivity contribution in [3.63, 3.8) is 0 Å². The molecule has 3 heterocycles. The predicted molar refractivity (Wildman–Crippen MR) is 113 cm³/mol. The number of rotatable bonds is 4. The molecule has 2 aliphatic rings. The maximum absolute atomic E-state index is 4.61. The summed E-state index contributed by atoms with van der Waals surface area (Å²) in [5.41, 5.74) is 4.42. The van der Waals surface area contributed by atoms with Crippen LogP contribution in [0.5, 0.6) is 0 Å². The molecule has 5 heteroatoms. The first-order valence-corrected chi connectivity index (χ1v) is 10.5. The van der Waals surface area contributed by atoms with Crippen molar-refractivity contribution in [2.75, 3.05) is 18.4 Å². The van der Waals surface area contributed by atoms with E-state index in [0.717, 1.165) is 47.8 Å². The smallest absolute Gasteiger partial charge is 0.137 e. The van der Waals surface area contributed by atoms with Crippen LogP contribution in [0.2, 0.25) is 0 Å². The minimum Gasteiger partial charge on any atom is -0.339 e. The van der Waals surface area contributed by atoms with Gasteiger partial charge in [0.1, 0.15) is 12.1 Å². The van der Waals surface area contributed by atoms with Crippen molar-refractivity contribution in [1.82, 2.24) is 19.9 Å². The quantitative estimate of drug-likeness (QED) is 0.718. The van der Waals surface area contributed by atoms with Crippen LogP contribution in [0.15, 0.2) is 42.9 Å². The third-order valence-electron chi connectivity index (χ3n) is 6.18. The van der Waals surface area contributed by atoms with Gasteiger partial charge in [0.15, 0.2) is 0 Å². The molecule has 0 spiro atoms. The third-order valence-corrected chi connectivity index (χ3v) is 6.18. The van der Waals surface area contributed by atoms with Crippen molar-refractivity contribution in [2.45, 2.75) is 45.1 Å². The zero-order chi connectivity index (χ0) is 18.8. The summed E-state index contributed by atoms with van der Waals surface area (Å²) in [6.07, 6.45) is 11.6. The molecular formula is C23H27N5. The van der Waals surface area contributed by atoms with E-state index in [2.05, 4.69) is 37.3 Å². The van der Waals surface area contributed by atoms with E-state index in [1.165, 1.54) is 49.9 Å². The Morgan fingerprint density at radius 1 is 1.04 bits per heavy atom. The van der Waals surface area contributed by atoms with Crippen molar-refractivity contribution in [3.05, 3.63) is 54.1 Å². The zero-order valence-corrected chi connectivity index (χ0v) is 16.3. The molecule has 0 atom stereocenters. The lowest BCUT2D eigenvalue weighted by Crippen LogP contribution is -2.36. The van der Waals surface area contributed by atoms with Gasteiger partial charge in [-0.05, 0) is 37.3 Å². The summed E-state index contributed by atoms with van der Waals surface area (Å²) in [5, 5.41) is 4.62. The van der Waals surface area contributed by atoms with Gasteiger partial charge in [0, 0.05) is 30.6 Å². The van der Waals surface area contributed by atoms with Gasteiger partial charge < -0.3 is 5.32 Å². The first-order chi connectivity index (χ1) is 13.8. The zero-order valence-electron chi connectivity index (χ0n) is 16.3. The van der Waals surface area contributed by atoms with Gasteiger partial charge in [0.25, 0.3) is 0 Å². The molecule has 5 nitrogen and oxygen atoms in total. The Bertz CT molecular complexity index is 964. The topological polar surface area (TPSA) is 53.9 Å². The summed E-state index contributed by atoms with van der Waals surface area (Å²) < 4.78 is 0. The number of benzene rings is 1. The summed E-state index contributed by atoms with van der Waals surface area (Å²) in [5.74, 6) is 1.80. The molecule has 0 radical (unpaired) electrons. The molecule has 1 aliphatic carbocycles. The van der Waals surface area contributed by atoms with Crippen LogP contribution in [0.3, 0.4) is 0 Å². The Balaban J connectivity index is 1.32. The molecule has 0 saturated heterocycles. The van der Waals surface area contributed by atoms with E-state index in [1.807, 2.05) is 24.4 Å². The van der Waals surface area contributed by atoms with E-state index < -0.39 is 0 Å². The van der Waals surface area contributed by atoms with Gasteiger partial charge in [-0.1, -0.05) is 37.5 Å². The maximum atomic E-state index is 4.61.